The molecule has 0 saturated carbocycles. The molecule has 17 heavy (non-hydrogen) atoms. The maximum absolute atomic E-state index is 5.97. The monoisotopic (exact) mass is 332 g/mol. The number of ether oxygens (including phenoxy) is 1. The van der Waals surface area contributed by atoms with Crippen molar-refractivity contribution in [3.63, 3.8) is 0 Å². The summed E-state index contributed by atoms with van der Waals surface area (Å²) in [5.74, 6) is 0.636. The van der Waals surface area contributed by atoms with Crippen LogP contribution in [0.3, 0.4) is 0 Å². The van der Waals surface area contributed by atoms with Crippen LogP contribution in [0, 0.1) is 0 Å². The molecule has 0 aliphatic heterocycles. The lowest BCUT2D eigenvalue weighted by atomic mass is 10.3. The van der Waals surface area contributed by atoms with Gasteiger partial charge in [-0.1, -0.05) is 23.2 Å². The van der Waals surface area contributed by atoms with Crippen LogP contribution in [0.5, 0.6) is 5.75 Å². The summed E-state index contributed by atoms with van der Waals surface area (Å²) in [7, 11) is 0. The topological polar surface area (TPSA) is 35.0 Å². The Labute approximate surface area is 117 Å². The number of rotatable bonds is 3. The minimum Gasteiger partial charge on any atom is -0.486 e. The molecule has 3 nitrogen and oxygen atoms in total. The highest BCUT2D eigenvalue weighted by molar-refractivity contribution is 9.10. The highest BCUT2D eigenvalue weighted by Crippen LogP contribution is 2.20. The fraction of sp³-hybridized carbons (Fsp3) is 0.0909. The molecule has 0 amide bonds. The van der Waals surface area contributed by atoms with Gasteiger partial charge in [0.15, 0.2) is 0 Å². The third-order valence-corrected chi connectivity index (χ3v) is 2.93. The van der Waals surface area contributed by atoms with E-state index in [1.54, 1.807) is 24.5 Å². The van der Waals surface area contributed by atoms with Gasteiger partial charge in [0, 0.05) is 10.7 Å². The van der Waals surface area contributed by atoms with Gasteiger partial charge in [0.1, 0.15) is 17.5 Å². The standard InChI is InChI=1S/C11H7BrCl2N2O/c12-7-3-8(5-15-4-7)17-6-10-9(13)1-2-11(14)16-10/h1-5H,6H2. The summed E-state index contributed by atoms with van der Waals surface area (Å²) in [5.41, 5.74) is 0.596. The highest BCUT2D eigenvalue weighted by atomic mass is 79.9. The van der Waals surface area contributed by atoms with Crippen molar-refractivity contribution in [3.8, 4) is 5.75 Å². The van der Waals surface area contributed by atoms with E-state index in [0.717, 1.165) is 4.47 Å². The van der Waals surface area contributed by atoms with Crippen LogP contribution in [-0.4, -0.2) is 9.97 Å². The largest absolute Gasteiger partial charge is 0.486 e. The Morgan fingerprint density at radius 1 is 1.24 bits per heavy atom. The highest BCUT2D eigenvalue weighted by Gasteiger charge is 2.04. The third kappa shape index (κ3) is 3.56. The zero-order valence-electron chi connectivity index (χ0n) is 8.53. The smallest absolute Gasteiger partial charge is 0.139 e. The number of pyridine rings is 2. The van der Waals surface area contributed by atoms with Crippen LogP contribution in [0.25, 0.3) is 0 Å². The second-order valence-electron chi connectivity index (χ2n) is 3.19. The molecule has 0 atom stereocenters. The van der Waals surface area contributed by atoms with Crippen molar-refractivity contribution in [1.29, 1.82) is 0 Å². The molecule has 0 radical (unpaired) electrons. The number of halogens is 3. The van der Waals surface area contributed by atoms with Crippen molar-refractivity contribution in [2.75, 3.05) is 0 Å². The van der Waals surface area contributed by atoms with Crippen molar-refractivity contribution in [1.82, 2.24) is 9.97 Å². The third-order valence-electron chi connectivity index (χ3n) is 1.94. The Morgan fingerprint density at radius 3 is 2.82 bits per heavy atom. The lowest BCUT2D eigenvalue weighted by molar-refractivity contribution is 0.300. The summed E-state index contributed by atoms with van der Waals surface area (Å²) in [6.45, 7) is 0.248. The molecule has 2 rings (SSSR count). The van der Waals surface area contributed by atoms with E-state index in [1.807, 2.05) is 6.07 Å². The van der Waals surface area contributed by atoms with Gasteiger partial charge in [0.05, 0.1) is 16.9 Å². The first kappa shape index (κ1) is 12.6. The van der Waals surface area contributed by atoms with Crippen molar-refractivity contribution in [3.05, 3.63) is 50.9 Å². The van der Waals surface area contributed by atoms with E-state index in [4.69, 9.17) is 27.9 Å². The minimum atomic E-state index is 0.248. The Morgan fingerprint density at radius 2 is 2.06 bits per heavy atom. The van der Waals surface area contributed by atoms with Gasteiger partial charge in [-0.25, -0.2) is 4.98 Å². The van der Waals surface area contributed by atoms with Crippen LogP contribution in [0.1, 0.15) is 5.69 Å². The summed E-state index contributed by atoms with van der Waals surface area (Å²) >= 11 is 15.1. The molecule has 6 heteroatoms. The molecule has 2 aromatic heterocycles. The van der Waals surface area contributed by atoms with E-state index >= 15 is 0 Å². The number of hydrogen-bond acceptors (Lipinski definition) is 3. The number of aromatic nitrogens is 2. The molecule has 0 N–H and O–H groups in total. The van der Waals surface area contributed by atoms with E-state index in [2.05, 4.69) is 25.9 Å². The van der Waals surface area contributed by atoms with Crippen LogP contribution in [0.15, 0.2) is 35.1 Å². The molecule has 0 aromatic carbocycles. The Hall–Kier alpha value is -0.840. The molecule has 2 aromatic rings. The quantitative estimate of drug-likeness (QED) is 0.792. The zero-order chi connectivity index (χ0) is 12.3. The minimum absolute atomic E-state index is 0.248. The SMILES string of the molecule is Clc1ccc(Cl)c(COc2cncc(Br)c2)n1. The zero-order valence-corrected chi connectivity index (χ0v) is 11.6. The molecule has 0 saturated heterocycles. The molecule has 0 unspecified atom stereocenters. The molecule has 88 valence electrons. The Bertz CT molecular complexity index is 537. The van der Waals surface area contributed by atoms with Gasteiger partial charge in [-0.05, 0) is 34.1 Å². The lowest BCUT2D eigenvalue weighted by Crippen LogP contribution is -1.99. The fourth-order valence-electron chi connectivity index (χ4n) is 1.18. The average Bonchev–Trinajstić information content (AvgIpc) is 2.30. The maximum Gasteiger partial charge on any atom is 0.139 e. The van der Waals surface area contributed by atoms with Gasteiger partial charge in [-0.15, -0.1) is 0 Å². The summed E-state index contributed by atoms with van der Waals surface area (Å²) < 4.78 is 6.36. The molecular formula is C11H7BrCl2N2O. The van der Waals surface area contributed by atoms with Gasteiger partial charge in [-0.2, -0.15) is 0 Å². The first-order valence-corrected chi connectivity index (χ1v) is 6.24. The van der Waals surface area contributed by atoms with Crippen LogP contribution in [0.2, 0.25) is 10.2 Å². The van der Waals surface area contributed by atoms with Gasteiger partial charge < -0.3 is 4.74 Å². The summed E-state index contributed by atoms with van der Waals surface area (Å²) in [6.07, 6.45) is 3.29. The van der Waals surface area contributed by atoms with Gasteiger partial charge >= 0.3 is 0 Å². The number of nitrogens with zero attached hydrogens (tertiary/aromatic N) is 2. The molecule has 0 fully saturated rings. The van der Waals surface area contributed by atoms with Crippen molar-refractivity contribution in [2.45, 2.75) is 6.61 Å². The van der Waals surface area contributed by atoms with Gasteiger partial charge in [0.25, 0.3) is 0 Å². The van der Waals surface area contributed by atoms with Gasteiger partial charge in [-0.3, -0.25) is 4.98 Å². The number of hydrogen-bond donors (Lipinski definition) is 0. The lowest BCUT2D eigenvalue weighted by Gasteiger charge is -2.07. The Balaban J connectivity index is 2.09. The summed E-state index contributed by atoms with van der Waals surface area (Å²) in [6, 6.07) is 5.13. The second-order valence-corrected chi connectivity index (χ2v) is 4.90. The van der Waals surface area contributed by atoms with Crippen LogP contribution < -0.4 is 4.74 Å². The average molecular weight is 334 g/mol. The summed E-state index contributed by atoms with van der Waals surface area (Å²) in [4.78, 5) is 8.07. The van der Waals surface area contributed by atoms with Crippen LogP contribution in [0.4, 0.5) is 0 Å². The maximum atomic E-state index is 5.97. The molecule has 0 aliphatic rings. The fourth-order valence-corrected chi connectivity index (χ4v) is 1.85. The normalized spacial score (nSPS) is 10.3. The van der Waals surface area contributed by atoms with Crippen molar-refractivity contribution in [2.24, 2.45) is 0 Å². The molecule has 2 heterocycles. The van der Waals surface area contributed by atoms with E-state index in [9.17, 15) is 0 Å². The van der Waals surface area contributed by atoms with Crippen LogP contribution >= 0.6 is 39.1 Å². The first-order valence-electron chi connectivity index (χ1n) is 4.69. The summed E-state index contributed by atoms with van der Waals surface area (Å²) in [5, 5.41) is 0.915. The van der Waals surface area contributed by atoms with Crippen molar-refractivity contribution < 1.29 is 4.74 Å². The molecular weight excluding hydrogens is 327 g/mol. The molecule has 0 aliphatic carbocycles. The van der Waals surface area contributed by atoms with Crippen molar-refractivity contribution >= 4 is 39.1 Å². The van der Waals surface area contributed by atoms with Crippen LogP contribution in [-0.2, 0) is 6.61 Å². The second kappa shape index (κ2) is 5.67. The van der Waals surface area contributed by atoms with E-state index in [1.165, 1.54) is 0 Å². The van der Waals surface area contributed by atoms with E-state index in [-0.39, 0.29) is 6.61 Å². The predicted octanol–water partition coefficient (Wildman–Crippen LogP) is 4.12. The Kier molecular flexibility index (Phi) is 4.20. The predicted molar refractivity (Wildman–Crippen MR) is 70.5 cm³/mol. The first-order chi connectivity index (χ1) is 8.15. The molecule has 0 spiro atoms. The van der Waals surface area contributed by atoms with Gasteiger partial charge in [0.2, 0.25) is 0 Å². The molecule has 0 bridgehead atoms. The van der Waals surface area contributed by atoms with E-state index < -0.39 is 0 Å². The van der Waals surface area contributed by atoms with E-state index in [0.29, 0.717) is 21.6 Å².